The summed E-state index contributed by atoms with van der Waals surface area (Å²) in [5.41, 5.74) is 0.452. The molecule has 0 aromatic heterocycles. The van der Waals surface area contributed by atoms with E-state index in [0.29, 0.717) is 18.4 Å². The summed E-state index contributed by atoms with van der Waals surface area (Å²) in [6.07, 6.45) is 1.28. The lowest BCUT2D eigenvalue weighted by atomic mass is 9.71. The van der Waals surface area contributed by atoms with Crippen LogP contribution >= 0.6 is 0 Å². The van der Waals surface area contributed by atoms with Gasteiger partial charge in [0, 0.05) is 5.57 Å². The summed E-state index contributed by atoms with van der Waals surface area (Å²) in [5, 5.41) is 0. The Morgan fingerprint density at radius 3 is 2.14 bits per heavy atom. The largest absolute Gasteiger partial charge is 0.469 e. The van der Waals surface area contributed by atoms with Crippen LogP contribution in [0.2, 0.25) is 0 Å². The molecule has 1 aliphatic rings. The van der Waals surface area contributed by atoms with Crippen LogP contribution in [0.25, 0.3) is 0 Å². The topological polar surface area (TPSA) is 52.6 Å². The quantitative estimate of drug-likeness (QED) is 0.499. The van der Waals surface area contributed by atoms with Crippen molar-refractivity contribution in [2.45, 2.75) is 12.8 Å². The first-order valence-electron chi connectivity index (χ1n) is 4.45. The number of ether oxygens (including phenoxy) is 2. The van der Waals surface area contributed by atoms with Crippen molar-refractivity contribution in [1.82, 2.24) is 0 Å². The van der Waals surface area contributed by atoms with Gasteiger partial charge in [-0.15, -0.1) is 0 Å². The molecule has 1 saturated carbocycles. The number of methoxy groups -OCH3 is 2. The number of esters is 2. The van der Waals surface area contributed by atoms with Crippen LogP contribution in [-0.4, -0.2) is 26.2 Å². The third-order valence-corrected chi connectivity index (χ3v) is 2.61. The SMILES string of the molecule is C=C(C(=O)OC)C1CC(C(=O)OC)C1. The van der Waals surface area contributed by atoms with Crippen LogP contribution < -0.4 is 0 Å². The number of hydrogen-bond donors (Lipinski definition) is 0. The fraction of sp³-hybridized carbons (Fsp3) is 0.600. The fourth-order valence-electron chi connectivity index (χ4n) is 1.56. The van der Waals surface area contributed by atoms with Gasteiger partial charge in [0.2, 0.25) is 0 Å². The van der Waals surface area contributed by atoms with Gasteiger partial charge in [0.05, 0.1) is 20.1 Å². The Morgan fingerprint density at radius 2 is 1.71 bits per heavy atom. The summed E-state index contributed by atoms with van der Waals surface area (Å²) >= 11 is 0. The summed E-state index contributed by atoms with van der Waals surface area (Å²) in [6, 6.07) is 0. The zero-order valence-corrected chi connectivity index (χ0v) is 8.41. The van der Waals surface area contributed by atoms with Gasteiger partial charge in [0.25, 0.3) is 0 Å². The zero-order valence-electron chi connectivity index (χ0n) is 8.41. The van der Waals surface area contributed by atoms with Gasteiger partial charge >= 0.3 is 11.9 Å². The number of carbonyl (C=O) groups excluding carboxylic acids is 2. The van der Waals surface area contributed by atoms with E-state index < -0.39 is 5.97 Å². The molecule has 0 amide bonds. The first kappa shape index (κ1) is 10.8. The van der Waals surface area contributed by atoms with Crippen LogP contribution in [0, 0.1) is 11.8 Å². The van der Waals surface area contributed by atoms with Crippen molar-refractivity contribution < 1.29 is 19.1 Å². The molecule has 0 aromatic carbocycles. The maximum absolute atomic E-state index is 11.1. The van der Waals surface area contributed by atoms with E-state index in [1.165, 1.54) is 14.2 Å². The van der Waals surface area contributed by atoms with Crippen molar-refractivity contribution in [2.75, 3.05) is 14.2 Å². The van der Waals surface area contributed by atoms with Gasteiger partial charge in [0.15, 0.2) is 0 Å². The molecule has 0 spiro atoms. The van der Waals surface area contributed by atoms with Crippen molar-refractivity contribution in [3.63, 3.8) is 0 Å². The predicted octanol–water partition coefficient (Wildman–Crippen LogP) is 0.915. The van der Waals surface area contributed by atoms with Gasteiger partial charge in [-0.3, -0.25) is 4.79 Å². The van der Waals surface area contributed by atoms with E-state index in [0.717, 1.165) is 0 Å². The highest BCUT2D eigenvalue weighted by atomic mass is 16.5. The summed E-state index contributed by atoms with van der Waals surface area (Å²) < 4.78 is 9.12. The molecule has 0 unspecified atom stereocenters. The Bertz CT molecular complexity index is 263. The predicted molar refractivity (Wildman–Crippen MR) is 49.4 cm³/mol. The van der Waals surface area contributed by atoms with Crippen molar-refractivity contribution in [1.29, 1.82) is 0 Å². The highest BCUT2D eigenvalue weighted by molar-refractivity contribution is 5.89. The molecule has 0 radical (unpaired) electrons. The van der Waals surface area contributed by atoms with E-state index in [1.54, 1.807) is 0 Å². The third kappa shape index (κ3) is 1.95. The number of hydrogen-bond acceptors (Lipinski definition) is 4. The lowest BCUT2D eigenvalue weighted by molar-refractivity contribution is -0.150. The van der Waals surface area contributed by atoms with E-state index in [-0.39, 0.29) is 17.8 Å². The van der Waals surface area contributed by atoms with Crippen LogP contribution in [-0.2, 0) is 19.1 Å². The highest BCUT2D eigenvalue weighted by Gasteiger charge is 2.38. The lowest BCUT2D eigenvalue weighted by Crippen LogP contribution is -2.34. The summed E-state index contributed by atoms with van der Waals surface area (Å²) in [7, 11) is 2.69. The van der Waals surface area contributed by atoms with E-state index in [4.69, 9.17) is 0 Å². The maximum atomic E-state index is 11.1. The smallest absolute Gasteiger partial charge is 0.333 e. The van der Waals surface area contributed by atoms with Gasteiger partial charge in [0.1, 0.15) is 0 Å². The van der Waals surface area contributed by atoms with E-state index in [1.807, 2.05) is 0 Å². The second kappa shape index (κ2) is 4.26. The highest BCUT2D eigenvalue weighted by Crippen LogP contribution is 2.39. The Kier molecular flexibility index (Phi) is 3.28. The molecule has 0 bridgehead atoms. The molecule has 0 heterocycles. The average Bonchev–Trinajstić information content (AvgIpc) is 2.13. The Hall–Kier alpha value is -1.32. The minimum absolute atomic E-state index is 0.0755. The monoisotopic (exact) mass is 198 g/mol. The van der Waals surface area contributed by atoms with Gasteiger partial charge in [-0.25, -0.2) is 4.79 Å². The number of carbonyl (C=O) groups is 2. The maximum Gasteiger partial charge on any atom is 0.333 e. The molecule has 4 nitrogen and oxygen atoms in total. The molecule has 14 heavy (non-hydrogen) atoms. The molecule has 1 fully saturated rings. The van der Waals surface area contributed by atoms with Crippen LogP contribution in [0.3, 0.4) is 0 Å². The zero-order chi connectivity index (χ0) is 10.7. The molecule has 4 heteroatoms. The van der Waals surface area contributed by atoms with Gasteiger partial charge in [-0.1, -0.05) is 6.58 Å². The molecule has 78 valence electrons. The molecule has 0 aliphatic heterocycles. The molecule has 0 saturated heterocycles. The molecule has 1 rings (SSSR count). The van der Waals surface area contributed by atoms with Crippen molar-refractivity contribution in [2.24, 2.45) is 11.8 Å². The summed E-state index contributed by atoms with van der Waals surface area (Å²) in [6.45, 7) is 3.64. The molecular weight excluding hydrogens is 184 g/mol. The standard InChI is InChI=1S/C10H14O4/c1-6(9(11)13-2)7-4-8(5-7)10(12)14-3/h7-8H,1,4-5H2,2-3H3. The van der Waals surface area contributed by atoms with Gasteiger partial charge in [-0.2, -0.15) is 0 Å². The Balaban J connectivity index is 2.38. The van der Waals surface area contributed by atoms with E-state index in [9.17, 15) is 9.59 Å². The Labute approximate surface area is 82.9 Å². The lowest BCUT2D eigenvalue weighted by Gasteiger charge is -2.33. The molecule has 1 aliphatic carbocycles. The second-order valence-electron chi connectivity index (χ2n) is 3.41. The minimum Gasteiger partial charge on any atom is -0.469 e. The molecule has 0 aromatic rings. The number of rotatable bonds is 3. The van der Waals surface area contributed by atoms with Crippen molar-refractivity contribution >= 4 is 11.9 Å². The van der Waals surface area contributed by atoms with Crippen molar-refractivity contribution in [3.8, 4) is 0 Å². The van der Waals surface area contributed by atoms with Gasteiger partial charge in [-0.05, 0) is 18.8 Å². The minimum atomic E-state index is -0.390. The van der Waals surface area contributed by atoms with Gasteiger partial charge < -0.3 is 9.47 Å². The Morgan fingerprint density at radius 1 is 1.14 bits per heavy atom. The first-order valence-corrected chi connectivity index (χ1v) is 4.45. The fourth-order valence-corrected chi connectivity index (χ4v) is 1.56. The summed E-state index contributed by atoms with van der Waals surface area (Å²) in [4.78, 5) is 22.1. The van der Waals surface area contributed by atoms with E-state index in [2.05, 4.69) is 16.1 Å². The third-order valence-electron chi connectivity index (χ3n) is 2.61. The van der Waals surface area contributed by atoms with Crippen molar-refractivity contribution in [3.05, 3.63) is 12.2 Å². The normalized spacial score (nSPS) is 24.7. The summed E-state index contributed by atoms with van der Waals surface area (Å²) in [5.74, 6) is -0.602. The second-order valence-corrected chi connectivity index (χ2v) is 3.41. The van der Waals surface area contributed by atoms with Crippen LogP contribution in [0.15, 0.2) is 12.2 Å². The van der Waals surface area contributed by atoms with E-state index >= 15 is 0 Å². The molecular formula is C10H14O4. The average molecular weight is 198 g/mol. The molecule has 0 atom stereocenters. The van der Waals surface area contributed by atoms with Crippen LogP contribution in [0.1, 0.15) is 12.8 Å². The molecule has 0 N–H and O–H groups in total. The van der Waals surface area contributed by atoms with Crippen LogP contribution in [0.5, 0.6) is 0 Å². The van der Waals surface area contributed by atoms with Crippen LogP contribution in [0.4, 0.5) is 0 Å². The first-order chi connectivity index (χ1) is 6.60.